The molecule has 0 saturated carbocycles. The predicted octanol–water partition coefficient (Wildman–Crippen LogP) is 4.86. The third-order valence-corrected chi connectivity index (χ3v) is 5.27. The predicted molar refractivity (Wildman–Crippen MR) is 113 cm³/mol. The van der Waals surface area contributed by atoms with Gasteiger partial charge in [0.2, 0.25) is 0 Å². The quantitative estimate of drug-likeness (QED) is 0.562. The smallest absolute Gasteiger partial charge is 0.341 e. The minimum atomic E-state index is -0.492. The average molecular weight is 411 g/mol. The molecule has 1 aromatic heterocycles. The van der Waals surface area contributed by atoms with E-state index >= 15 is 0 Å². The van der Waals surface area contributed by atoms with E-state index in [0.717, 1.165) is 10.4 Å². The highest BCUT2D eigenvalue weighted by atomic mass is 32.1. The van der Waals surface area contributed by atoms with Crippen LogP contribution in [0.25, 0.3) is 10.4 Å². The standard InChI is InChI=1S/C22H21NO5S/c1-4-28-22(25)15-13-18(14-9-6-5-7-10-14)29-21(15)23-20(24)19-16(26-2)11-8-12-17(19)27-3/h5-13H,4H2,1-3H3,(H,23,24). The van der Waals surface area contributed by atoms with E-state index in [0.29, 0.717) is 22.1 Å². The lowest BCUT2D eigenvalue weighted by atomic mass is 10.1. The molecule has 3 aromatic rings. The van der Waals surface area contributed by atoms with E-state index in [1.54, 1.807) is 31.2 Å². The first kappa shape index (κ1) is 20.4. The molecule has 0 aliphatic rings. The summed E-state index contributed by atoms with van der Waals surface area (Å²) < 4.78 is 15.8. The number of benzene rings is 2. The molecule has 1 N–H and O–H groups in total. The second-order valence-electron chi connectivity index (χ2n) is 5.93. The van der Waals surface area contributed by atoms with Crippen molar-refractivity contribution in [2.75, 3.05) is 26.1 Å². The van der Waals surface area contributed by atoms with Crippen molar-refractivity contribution in [3.05, 3.63) is 65.7 Å². The van der Waals surface area contributed by atoms with Crippen LogP contribution in [0.3, 0.4) is 0 Å². The van der Waals surface area contributed by atoms with Gasteiger partial charge in [0.25, 0.3) is 5.91 Å². The lowest BCUT2D eigenvalue weighted by Gasteiger charge is -2.13. The van der Waals surface area contributed by atoms with Crippen molar-refractivity contribution in [1.29, 1.82) is 0 Å². The number of hydrogen-bond donors (Lipinski definition) is 1. The molecule has 6 nitrogen and oxygen atoms in total. The topological polar surface area (TPSA) is 73.9 Å². The Balaban J connectivity index is 2.01. The molecule has 1 heterocycles. The van der Waals surface area contributed by atoms with Crippen LogP contribution in [0.1, 0.15) is 27.6 Å². The first-order chi connectivity index (χ1) is 14.1. The van der Waals surface area contributed by atoms with Crippen LogP contribution in [0.2, 0.25) is 0 Å². The lowest BCUT2D eigenvalue weighted by Crippen LogP contribution is -2.16. The maximum Gasteiger partial charge on any atom is 0.341 e. The zero-order chi connectivity index (χ0) is 20.8. The van der Waals surface area contributed by atoms with Gasteiger partial charge in [-0.05, 0) is 30.7 Å². The fourth-order valence-electron chi connectivity index (χ4n) is 2.83. The van der Waals surface area contributed by atoms with E-state index in [1.165, 1.54) is 25.6 Å². The number of methoxy groups -OCH3 is 2. The third kappa shape index (κ3) is 4.41. The van der Waals surface area contributed by atoms with Crippen molar-refractivity contribution in [3.8, 4) is 21.9 Å². The Labute approximate surface area is 173 Å². The Hall–Kier alpha value is -3.32. The van der Waals surface area contributed by atoms with Gasteiger partial charge in [0.1, 0.15) is 22.1 Å². The highest BCUT2D eigenvalue weighted by Crippen LogP contribution is 2.37. The van der Waals surface area contributed by atoms with E-state index < -0.39 is 11.9 Å². The fourth-order valence-corrected chi connectivity index (χ4v) is 3.88. The Kier molecular flexibility index (Phi) is 6.51. The van der Waals surface area contributed by atoms with Gasteiger partial charge in [-0.1, -0.05) is 36.4 Å². The van der Waals surface area contributed by atoms with E-state index in [2.05, 4.69) is 5.32 Å². The summed E-state index contributed by atoms with van der Waals surface area (Å²) in [7, 11) is 2.96. The zero-order valence-electron chi connectivity index (χ0n) is 16.4. The number of ether oxygens (including phenoxy) is 3. The molecule has 7 heteroatoms. The number of amides is 1. The summed E-state index contributed by atoms with van der Waals surface area (Å²) in [5.74, 6) is -0.182. The van der Waals surface area contributed by atoms with Crippen LogP contribution in [-0.4, -0.2) is 32.7 Å². The van der Waals surface area contributed by atoms with Crippen LogP contribution in [0.4, 0.5) is 5.00 Å². The molecule has 3 rings (SSSR count). The zero-order valence-corrected chi connectivity index (χ0v) is 17.2. The molecule has 1 amide bonds. The van der Waals surface area contributed by atoms with Gasteiger partial charge in [0.15, 0.2) is 0 Å². The Morgan fingerprint density at radius 1 is 0.966 bits per heavy atom. The maximum atomic E-state index is 13.0. The minimum Gasteiger partial charge on any atom is -0.496 e. The first-order valence-corrected chi connectivity index (χ1v) is 9.79. The van der Waals surface area contributed by atoms with Gasteiger partial charge in [-0.3, -0.25) is 4.79 Å². The second-order valence-corrected chi connectivity index (χ2v) is 6.98. The molecule has 150 valence electrons. The number of rotatable bonds is 7. The van der Waals surface area contributed by atoms with Crippen molar-refractivity contribution in [1.82, 2.24) is 0 Å². The summed E-state index contributed by atoms with van der Waals surface area (Å²) in [5.41, 5.74) is 1.50. The molecular weight excluding hydrogens is 390 g/mol. The van der Waals surface area contributed by atoms with Crippen LogP contribution >= 0.6 is 11.3 Å². The molecule has 2 aromatic carbocycles. The van der Waals surface area contributed by atoms with Gasteiger partial charge < -0.3 is 19.5 Å². The Morgan fingerprint density at radius 3 is 2.21 bits per heavy atom. The monoisotopic (exact) mass is 411 g/mol. The van der Waals surface area contributed by atoms with Gasteiger partial charge in [-0.15, -0.1) is 11.3 Å². The van der Waals surface area contributed by atoms with Crippen molar-refractivity contribution in [2.45, 2.75) is 6.92 Å². The summed E-state index contributed by atoms with van der Waals surface area (Å²) >= 11 is 1.30. The first-order valence-electron chi connectivity index (χ1n) is 8.97. The molecule has 0 aliphatic heterocycles. The number of nitrogens with one attached hydrogen (secondary N) is 1. The molecule has 0 radical (unpaired) electrons. The van der Waals surface area contributed by atoms with Crippen molar-refractivity contribution >= 4 is 28.2 Å². The van der Waals surface area contributed by atoms with Crippen LogP contribution in [0, 0.1) is 0 Å². The summed E-state index contributed by atoms with van der Waals surface area (Å²) in [6, 6.07) is 16.4. The van der Waals surface area contributed by atoms with Crippen LogP contribution in [-0.2, 0) is 4.74 Å². The summed E-state index contributed by atoms with van der Waals surface area (Å²) in [5, 5.41) is 3.23. The molecule has 0 fully saturated rings. The fraction of sp³-hybridized carbons (Fsp3) is 0.182. The third-order valence-electron chi connectivity index (χ3n) is 4.17. The SMILES string of the molecule is CCOC(=O)c1cc(-c2ccccc2)sc1NC(=O)c1c(OC)cccc1OC. The molecule has 0 aliphatic carbocycles. The van der Waals surface area contributed by atoms with Crippen LogP contribution < -0.4 is 14.8 Å². The number of hydrogen-bond acceptors (Lipinski definition) is 6. The van der Waals surface area contributed by atoms with E-state index in [-0.39, 0.29) is 12.2 Å². The molecule has 0 saturated heterocycles. The normalized spacial score (nSPS) is 10.3. The van der Waals surface area contributed by atoms with Gasteiger partial charge in [0, 0.05) is 4.88 Å². The van der Waals surface area contributed by atoms with E-state index in [9.17, 15) is 9.59 Å². The van der Waals surface area contributed by atoms with Crippen LogP contribution in [0.15, 0.2) is 54.6 Å². The van der Waals surface area contributed by atoms with Gasteiger partial charge in [-0.2, -0.15) is 0 Å². The number of anilines is 1. The van der Waals surface area contributed by atoms with Gasteiger partial charge in [-0.25, -0.2) is 4.79 Å². The van der Waals surface area contributed by atoms with E-state index in [4.69, 9.17) is 14.2 Å². The lowest BCUT2D eigenvalue weighted by molar-refractivity contribution is 0.0528. The Bertz CT molecular complexity index is 991. The van der Waals surface area contributed by atoms with Crippen LogP contribution in [0.5, 0.6) is 11.5 Å². The molecule has 0 atom stereocenters. The van der Waals surface area contributed by atoms with Gasteiger partial charge in [0.05, 0.1) is 26.4 Å². The largest absolute Gasteiger partial charge is 0.496 e. The average Bonchev–Trinajstić information content (AvgIpc) is 3.17. The summed E-state index contributed by atoms with van der Waals surface area (Å²) in [6.07, 6.45) is 0. The van der Waals surface area contributed by atoms with Crippen molar-refractivity contribution in [3.63, 3.8) is 0 Å². The summed E-state index contributed by atoms with van der Waals surface area (Å²) in [4.78, 5) is 26.3. The molecule has 0 bridgehead atoms. The highest BCUT2D eigenvalue weighted by molar-refractivity contribution is 7.20. The van der Waals surface area contributed by atoms with Crippen molar-refractivity contribution < 1.29 is 23.8 Å². The highest BCUT2D eigenvalue weighted by Gasteiger charge is 2.23. The second kappa shape index (κ2) is 9.25. The summed E-state index contributed by atoms with van der Waals surface area (Å²) in [6.45, 7) is 1.98. The minimum absolute atomic E-state index is 0.239. The maximum absolute atomic E-state index is 13.0. The van der Waals surface area contributed by atoms with Crippen molar-refractivity contribution in [2.24, 2.45) is 0 Å². The molecule has 0 spiro atoms. The number of carbonyl (C=O) groups excluding carboxylic acids is 2. The number of carbonyl (C=O) groups is 2. The number of thiophene rings is 1. The molecule has 0 unspecified atom stereocenters. The molecular formula is C22H21NO5S. The van der Waals surface area contributed by atoms with Gasteiger partial charge >= 0.3 is 5.97 Å². The van der Waals surface area contributed by atoms with E-state index in [1.807, 2.05) is 30.3 Å². The Morgan fingerprint density at radius 2 is 1.62 bits per heavy atom. The number of esters is 1. The molecule has 29 heavy (non-hydrogen) atoms.